The van der Waals surface area contributed by atoms with Crippen LogP contribution in [0.1, 0.15) is 53.9 Å². The molecule has 1 saturated carbocycles. The highest BCUT2D eigenvalue weighted by atomic mass is 16.6. The van der Waals surface area contributed by atoms with Crippen molar-refractivity contribution in [3.05, 3.63) is 0 Å². The standard InChI is InChI=1S/C17H33N3O2/c1-6-20-9-7-13(8-10-20)12(2)18-14-11-15(14)19-16(21)22-17(3,4)5/h12-15,18H,6-11H2,1-5H3,(H,19,21). The SMILES string of the molecule is CCN1CCC(C(C)NC2CC2NC(=O)OC(C)(C)C)CC1. The van der Waals surface area contributed by atoms with Crippen LogP contribution in [0.4, 0.5) is 4.79 Å². The third-order valence-corrected chi connectivity index (χ3v) is 4.76. The fourth-order valence-electron chi connectivity index (χ4n) is 3.24. The summed E-state index contributed by atoms with van der Waals surface area (Å²) in [6.45, 7) is 13.8. The normalized spacial score (nSPS) is 28.2. The molecular formula is C17H33N3O2. The number of amides is 1. The summed E-state index contributed by atoms with van der Waals surface area (Å²) in [4.78, 5) is 14.3. The molecule has 0 aromatic carbocycles. The second kappa shape index (κ2) is 7.18. The third-order valence-electron chi connectivity index (χ3n) is 4.76. The highest BCUT2D eigenvalue weighted by Crippen LogP contribution is 2.26. The first-order valence-corrected chi connectivity index (χ1v) is 8.76. The van der Waals surface area contributed by atoms with Crippen LogP contribution in [0.5, 0.6) is 0 Å². The van der Waals surface area contributed by atoms with Crippen LogP contribution in [0, 0.1) is 5.92 Å². The number of hydrogen-bond donors (Lipinski definition) is 2. The molecule has 2 aliphatic rings. The molecule has 2 rings (SSSR count). The van der Waals surface area contributed by atoms with Crippen LogP contribution < -0.4 is 10.6 Å². The summed E-state index contributed by atoms with van der Waals surface area (Å²) in [6, 6.07) is 1.16. The van der Waals surface area contributed by atoms with E-state index in [1.54, 1.807) is 0 Å². The molecule has 0 bridgehead atoms. The van der Waals surface area contributed by atoms with Gasteiger partial charge in [-0.05, 0) is 72.5 Å². The van der Waals surface area contributed by atoms with E-state index in [0.717, 1.165) is 12.3 Å². The number of nitrogens with one attached hydrogen (secondary N) is 2. The highest BCUT2D eigenvalue weighted by molar-refractivity contribution is 5.68. The molecule has 0 spiro atoms. The Morgan fingerprint density at radius 2 is 1.91 bits per heavy atom. The first-order valence-electron chi connectivity index (χ1n) is 8.76. The van der Waals surface area contributed by atoms with Crippen molar-refractivity contribution in [3.8, 4) is 0 Å². The average Bonchev–Trinajstić information content (AvgIpc) is 3.14. The maximum atomic E-state index is 11.7. The number of alkyl carbamates (subject to hydrolysis) is 1. The van der Waals surface area contributed by atoms with Crippen LogP contribution in [0.2, 0.25) is 0 Å². The number of carbonyl (C=O) groups excluding carboxylic acids is 1. The van der Waals surface area contributed by atoms with Crippen molar-refractivity contribution in [2.75, 3.05) is 19.6 Å². The second-order valence-electron chi connectivity index (χ2n) is 7.82. The van der Waals surface area contributed by atoms with Crippen LogP contribution in [0.3, 0.4) is 0 Å². The zero-order valence-electron chi connectivity index (χ0n) is 14.8. The van der Waals surface area contributed by atoms with Gasteiger partial charge in [-0.25, -0.2) is 4.79 Å². The van der Waals surface area contributed by atoms with Gasteiger partial charge in [0.15, 0.2) is 0 Å². The van der Waals surface area contributed by atoms with E-state index in [9.17, 15) is 4.79 Å². The van der Waals surface area contributed by atoms with Gasteiger partial charge >= 0.3 is 6.09 Å². The lowest BCUT2D eigenvalue weighted by molar-refractivity contribution is 0.0521. The van der Waals surface area contributed by atoms with E-state index in [4.69, 9.17) is 4.74 Å². The van der Waals surface area contributed by atoms with Gasteiger partial charge in [-0.15, -0.1) is 0 Å². The van der Waals surface area contributed by atoms with Crippen LogP contribution in [0.25, 0.3) is 0 Å². The van der Waals surface area contributed by atoms with Crippen LogP contribution >= 0.6 is 0 Å². The predicted molar refractivity (Wildman–Crippen MR) is 89.0 cm³/mol. The number of hydrogen-bond acceptors (Lipinski definition) is 4. The monoisotopic (exact) mass is 311 g/mol. The molecule has 2 N–H and O–H groups in total. The quantitative estimate of drug-likeness (QED) is 0.818. The summed E-state index contributed by atoms with van der Waals surface area (Å²) in [5, 5.41) is 6.64. The van der Waals surface area contributed by atoms with Crippen LogP contribution in [0.15, 0.2) is 0 Å². The first kappa shape index (κ1) is 17.5. The summed E-state index contributed by atoms with van der Waals surface area (Å²) in [6.07, 6.45) is 3.26. The molecule has 1 aliphatic carbocycles. The molecule has 22 heavy (non-hydrogen) atoms. The van der Waals surface area contributed by atoms with Crippen molar-refractivity contribution in [1.29, 1.82) is 0 Å². The Morgan fingerprint density at radius 1 is 1.27 bits per heavy atom. The lowest BCUT2D eigenvalue weighted by atomic mass is 9.90. The molecule has 5 heteroatoms. The summed E-state index contributed by atoms with van der Waals surface area (Å²) < 4.78 is 5.30. The molecule has 1 heterocycles. The van der Waals surface area contributed by atoms with Crippen molar-refractivity contribution >= 4 is 6.09 Å². The Morgan fingerprint density at radius 3 is 2.45 bits per heavy atom. The number of carbonyl (C=O) groups is 1. The number of rotatable bonds is 5. The van der Waals surface area contributed by atoms with Crippen molar-refractivity contribution in [3.63, 3.8) is 0 Å². The zero-order chi connectivity index (χ0) is 16.3. The Balaban J connectivity index is 1.65. The maximum absolute atomic E-state index is 11.7. The van der Waals surface area contributed by atoms with Gasteiger partial charge in [-0.3, -0.25) is 0 Å². The zero-order valence-corrected chi connectivity index (χ0v) is 14.8. The molecule has 0 aromatic heterocycles. The summed E-state index contributed by atoms with van der Waals surface area (Å²) in [5.41, 5.74) is -0.428. The molecule has 1 saturated heterocycles. The Kier molecular flexibility index (Phi) is 5.72. The highest BCUT2D eigenvalue weighted by Gasteiger charge is 2.40. The van der Waals surface area contributed by atoms with Gasteiger partial charge in [0.2, 0.25) is 0 Å². The Hall–Kier alpha value is -0.810. The van der Waals surface area contributed by atoms with E-state index in [2.05, 4.69) is 29.4 Å². The summed E-state index contributed by atoms with van der Waals surface area (Å²) in [5.74, 6) is 0.755. The van der Waals surface area contributed by atoms with Gasteiger partial charge in [-0.1, -0.05) is 6.92 Å². The fraction of sp³-hybridized carbons (Fsp3) is 0.941. The molecule has 3 atom stereocenters. The molecule has 0 radical (unpaired) electrons. The van der Waals surface area contributed by atoms with Gasteiger partial charge in [-0.2, -0.15) is 0 Å². The van der Waals surface area contributed by atoms with Gasteiger partial charge in [0, 0.05) is 18.1 Å². The largest absolute Gasteiger partial charge is 0.444 e. The first-order chi connectivity index (χ1) is 10.3. The molecule has 3 unspecified atom stereocenters. The average molecular weight is 311 g/mol. The number of likely N-dealkylation sites (tertiary alicyclic amines) is 1. The van der Waals surface area contributed by atoms with Gasteiger partial charge in [0.25, 0.3) is 0 Å². The lowest BCUT2D eigenvalue weighted by Gasteiger charge is -2.34. The number of piperidine rings is 1. The number of ether oxygens (including phenoxy) is 1. The van der Waals surface area contributed by atoms with Gasteiger partial charge in [0.1, 0.15) is 5.60 Å². The van der Waals surface area contributed by atoms with Gasteiger partial charge < -0.3 is 20.3 Å². The van der Waals surface area contributed by atoms with E-state index >= 15 is 0 Å². The van der Waals surface area contributed by atoms with Crippen molar-refractivity contribution in [1.82, 2.24) is 15.5 Å². The minimum atomic E-state index is -0.428. The van der Waals surface area contributed by atoms with E-state index in [1.807, 2.05) is 20.8 Å². The van der Waals surface area contributed by atoms with E-state index in [0.29, 0.717) is 12.1 Å². The molecule has 0 aromatic rings. The predicted octanol–water partition coefficient (Wildman–Crippen LogP) is 2.36. The molecule has 5 nitrogen and oxygen atoms in total. The third kappa shape index (κ3) is 5.43. The number of nitrogens with zero attached hydrogens (tertiary/aromatic N) is 1. The Bertz CT molecular complexity index is 373. The maximum Gasteiger partial charge on any atom is 0.407 e. The molecule has 2 fully saturated rings. The molecular weight excluding hydrogens is 278 g/mol. The van der Waals surface area contributed by atoms with Crippen LogP contribution in [-0.4, -0.2) is 54.4 Å². The molecule has 1 amide bonds. The minimum Gasteiger partial charge on any atom is -0.444 e. The minimum absolute atomic E-state index is 0.230. The molecule has 1 aliphatic heterocycles. The fourth-order valence-corrected chi connectivity index (χ4v) is 3.24. The summed E-state index contributed by atoms with van der Waals surface area (Å²) in [7, 11) is 0. The van der Waals surface area contributed by atoms with Crippen molar-refractivity contribution in [2.45, 2.75) is 77.6 Å². The lowest BCUT2D eigenvalue weighted by Crippen LogP contribution is -2.44. The van der Waals surface area contributed by atoms with E-state index in [1.165, 1.54) is 32.5 Å². The summed E-state index contributed by atoms with van der Waals surface area (Å²) >= 11 is 0. The van der Waals surface area contributed by atoms with Crippen LogP contribution in [-0.2, 0) is 4.74 Å². The second-order valence-corrected chi connectivity index (χ2v) is 7.82. The van der Waals surface area contributed by atoms with E-state index < -0.39 is 5.60 Å². The van der Waals surface area contributed by atoms with Gasteiger partial charge in [0.05, 0.1) is 0 Å². The smallest absolute Gasteiger partial charge is 0.407 e. The van der Waals surface area contributed by atoms with Crippen molar-refractivity contribution < 1.29 is 9.53 Å². The topological polar surface area (TPSA) is 53.6 Å². The van der Waals surface area contributed by atoms with Crippen molar-refractivity contribution in [2.24, 2.45) is 5.92 Å². The van der Waals surface area contributed by atoms with E-state index in [-0.39, 0.29) is 12.1 Å². The molecule has 128 valence electrons. The Labute approximate surface area is 135 Å².